The first-order chi connectivity index (χ1) is 10.9. The Balaban J connectivity index is 1.82. The van der Waals surface area contributed by atoms with Crippen LogP contribution in [0.25, 0.3) is 22.1 Å². The number of nitrogens with zero attached hydrogens (tertiary/aromatic N) is 5. The third kappa shape index (κ3) is 2.27. The van der Waals surface area contributed by atoms with E-state index < -0.39 is 0 Å². The van der Waals surface area contributed by atoms with Crippen LogP contribution in [0.15, 0.2) is 48.5 Å². The van der Waals surface area contributed by atoms with E-state index in [0.717, 1.165) is 33.3 Å². The van der Waals surface area contributed by atoms with Crippen LogP contribution < -0.4 is 0 Å². The fourth-order valence-electron chi connectivity index (χ4n) is 2.75. The molecule has 0 bridgehead atoms. The van der Waals surface area contributed by atoms with Crippen molar-refractivity contribution in [2.45, 2.75) is 13.1 Å². The van der Waals surface area contributed by atoms with Crippen molar-refractivity contribution >= 4 is 44.7 Å². The predicted octanol–water partition coefficient (Wildman–Crippen LogP) is 3.26. The number of imidazole rings is 1. The molecule has 4 aromatic rings. The van der Waals surface area contributed by atoms with Crippen molar-refractivity contribution in [2.24, 2.45) is 0 Å². The van der Waals surface area contributed by atoms with Crippen LogP contribution >= 0.6 is 22.6 Å². The van der Waals surface area contributed by atoms with E-state index in [1.54, 1.807) is 0 Å². The van der Waals surface area contributed by atoms with Gasteiger partial charge in [0.05, 0.1) is 16.6 Å². The van der Waals surface area contributed by atoms with Gasteiger partial charge in [-0.1, -0.05) is 52.1 Å². The van der Waals surface area contributed by atoms with Crippen LogP contribution in [0.1, 0.15) is 5.82 Å². The smallest absolute Gasteiger partial charge is 0.131 e. The van der Waals surface area contributed by atoms with E-state index in [1.165, 1.54) is 5.52 Å². The molecule has 0 fully saturated rings. The first kappa shape index (κ1) is 13.7. The summed E-state index contributed by atoms with van der Waals surface area (Å²) in [6.45, 7) is 1.58. The van der Waals surface area contributed by atoms with Gasteiger partial charge >= 0.3 is 0 Å². The molecule has 0 unspecified atom stereocenters. The molecule has 0 amide bonds. The Morgan fingerprint density at radius 1 is 0.909 bits per heavy atom. The fraction of sp³-hybridized carbons (Fsp3) is 0.188. The Morgan fingerprint density at radius 3 is 2.45 bits per heavy atom. The maximum absolute atomic E-state index is 4.78. The number of para-hydroxylation sites is 3. The second-order valence-corrected chi connectivity index (χ2v) is 6.17. The van der Waals surface area contributed by atoms with Crippen LogP contribution in [0.4, 0.5) is 0 Å². The molecule has 0 aliphatic rings. The molecule has 5 nitrogen and oxygen atoms in total. The van der Waals surface area contributed by atoms with Crippen molar-refractivity contribution in [3.8, 4) is 0 Å². The summed E-state index contributed by atoms with van der Waals surface area (Å²) in [5.41, 5.74) is 4.17. The van der Waals surface area contributed by atoms with Crippen molar-refractivity contribution in [3.63, 3.8) is 0 Å². The zero-order chi connectivity index (χ0) is 14.9. The highest BCUT2D eigenvalue weighted by Crippen LogP contribution is 2.18. The van der Waals surface area contributed by atoms with Gasteiger partial charge in [0, 0.05) is 11.0 Å². The van der Waals surface area contributed by atoms with E-state index in [4.69, 9.17) is 4.98 Å². The number of halogens is 1. The second-order valence-electron chi connectivity index (χ2n) is 5.09. The number of aromatic nitrogens is 5. The fourth-order valence-corrected chi connectivity index (χ4v) is 3.23. The Labute approximate surface area is 141 Å². The molecular formula is C16H14IN5. The zero-order valence-electron chi connectivity index (χ0n) is 11.9. The topological polar surface area (TPSA) is 48.5 Å². The highest BCUT2D eigenvalue weighted by Gasteiger charge is 2.12. The van der Waals surface area contributed by atoms with Crippen molar-refractivity contribution in [1.29, 1.82) is 0 Å². The summed E-state index contributed by atoms with van der Waals surface area (Å²) in [5, 5.41) is 8.49. The van der Waals surface area contributed by atoms with Crippen LogP contribution in [-0.4, -0.2) is 29.0 Å². The molecule has 0 N–H and O–H groups in total. The Morgan fingerprint density at radius 2 is 1.64 bits per heavy atom. The average molecular weight is 403 g/mol. The van der Waals surface area contributed by atoms with Gasteiger partial charge in [-0.25, -0.2) is 9.67 Å². The third-order valence-electron chi connectivity index (χ3n) is 3.75. The summed E-state index contributed by atoms with van der Waals surface area (Å²) in [6.07, 6.45) is 0. The molecule has 110 valence electrons. The molecule has 2 aromatic carbocycles. The first-order valence-corrected chi connectivity index (χ1v) is 8.68. The van der Waals surface area contributed by atoms with E-state index >= 15 is 0 Å². The second kappa shape index (κ2) is 5.68. The molecule has 2 aromatic heterocycles. The van der Waals surface area contributed by atoms with Crippen molar-refractivity contribution < 1.29 is 0 Å². The van der Waals surface area contributed by atoms with Crippen LogP contribution in [0, 0.1) is 0 Å². The van der Waals surface area contributed by atoms with Gasteiger partial charge in [0.25, 0.3) is 0 Å². The molecule has 2 heterocycles. The van der Waals surface area contributed by atoms with Gasteiger partial charge in [-0.05, 0) is 24.3 Å². The molecule has 0 radical (unpaired) electrons. The molecule has 0 spiro atoms. The SMILES string of the molecule is ICCn1c(Cn2nnc3ccccc32)nc2ccccc21. The monoisotopic (exact) mass is 403 g/mol. The molecule has 0 aliphatic carbocycles. The number of alkyl halides is 1. The number of aryl methyl sites for hydroxylation is 1. The quantitative estimate of drug-likeness (QED) is 0.388. The summed E-state index contributed by atoms with van der Waals surface area (Å²) in [5.74, 6) is 1.02. The van der Waals surface area contributed by atoms with E-state index in [0.29, 0.717) is 6.54 Å². The largest absolute Gasteiger partial charge is 0.326 e. The molecule has 0 saturated heterocycles. The van der Waals surface area contributed by atoms with Gasteiger partial charge in [0.2, 0.25) is 0 Å². The van der Waals surface area contributed by atoms with E-state index in [1.807, 2.05) is 35.0 Å². The zero-order valence-corrected chi connectivity index (χ0v) is 14.0. The lowest BCUT2D eigenvalue weighted by atomic mass is 10.3. The van der Waals surface area contributed by atoms with Crippen LogP contribution in [0.3, 0.4) is 0 Å². The highest BCUT2D eigenvalue weighted by atomic mass is 127. The molecule has 22 heavy (non-hydrogen) atoms. The molecule has 0 atom stereocenters. The van der Waals surface area contributed by atoms with Gasteiger partial charge in [-0.15, -0.1) is 5.10 Å². The number of fused-ring (bicyclic) bond motifs is 2. The number of benzene rings is 2. The summed E-state index contributed by atoms with van der Waals surface area (Å²) in [7, 11) is 0. The summed E-state index contributed by atoms with van der Waals surface area (Å²) in [6, 6.07) is 16.3. The maximum Gasteiger partial charge on any atom is 0.131 e. The Kier molecular flexibility index (Phi) is 3.53. The normalized spacial score (nSPS) is 11.5. The molecular weight excluding hydrogens is 389 g/mol. The first-order valence-electron chi connectivity index (χ1n) is 7.15. The molecule has 6 heteroatoms. The van der Waals surface area contributed by atoms with E-state index in [2.05, 4.69) is 55.7 Å². The minimum atomic E-state index is 0.631. The predicted molar refractivity (Wildman–Crippen MR) is 95.3 cm³/mol. The molecule has 4 rings (SSSR count). The van der Waals surface area contributed by atoms with Crippen LogP contribution in [0.2, 0.25) is 0 Å². The number of rotatable bonds is 4. The molecule has 0 saturated carbocycles. The van der Waals surface area contributed by atoms with Gasteiger partial charge < -0.3 is 4.57 Å². The third-order valence-corrected chi connectivity index (χ3v) is 4.24. The van der Waals surface area contributed by atoms with E-state index in [9.17, 15) is 0 Å². The van der Waals surface area contributed by atoms with Gasteiger partial charge in [-0.2, -0.15) is 0 Å². The maximum atomic E-state index is 4.78. The lowest BCUT2D eigenvalue weighted by Gasteiger charge is -2.07. The minimum absolute atomic E-state index is 0.631. The number of hydrogen-bond donors (Lipinski definition) is 0. The number of hydrogen-bond acceptors (Lipinski definition) is 3. The van der Waals surface area contributed by atoms with Crippen molar-refractivity contribution in [3.05, 3.63) is 54.4 Å². The summed E-state index contributed by atoms with van der Waals surface area (Å²) < 4.78 is 5.24. The average Bonchev–Trinajstić information content (AvgIpc) is 3.11. The lowest BCUT2D eigenvalue weighted by molar-refractivity contribution is 0.611. The van der Waals surface area contributed by atoms with Crippen LogP contribution in [-0.2, 0) is 13.1 Å². The summed E-state index contributed by atoms with van der Waals surface area (Å²) >= 11 is 2.40. The van der Waals surface area contributed by atoms with Gasteiger partial charge in [0.15, 0.2) is 0 Å². The van der Waals surface area contributed by atoms with Gasteiger partial charge in [0.1, 0.15) is 17.9 Å². The Bertz CT molecular complexity index is 940. The Hall–Kier alpha value is -1.96. The molecule has 0 aliphatic heterocycles. The lowest BCUT2D eigenvalue weighted by Crippen LogP contribution is -2.10. The van der Waals surface area contributed by atoms with Gasteiger partial charge in [-0.3, -0.25) is 0 Å². The van der Waals surface area contributed by atoms with Crippen LogP contribution in [0.5, 0.6) is 0 Å². The standard InChI is InChI=1S/C16H14IN5/c17-9-10-21-14-7-3-1-5-12(14)18-16(21)11-22-15-8-4-2-6-13(15)19-20-22/h1-8H,9-11H2. The van der Waals surface area contributed by atoms with E-state index in [-0.39, 0.29) is 0 Å². The summed E-state index contributed by atoms with van der Waals surface area (Å²) in [4.78, 5) is 4.78. The minimum Gasteiger partial charge on any atom is -0.326 e. The highest BCUT2D eigenvalue weighted by molar-refractivity contribution is 14.1. The van der Waals surface area contributed by atoms with Crippen molar-refractivity contribution in [2.75, 3.05) is 4.43 Å². The van der Waals surface area contributed by atoms with Crippen molar-refractivity contribution in [1.82, 2.24) is 24.5 Å².